The standard InChI is InChI=1S/C20H25ClN4O3/c1-22-19(26)13-28-20(27)23-7-4-14-5-8-25(9-6-14)17-3-2-15-12-24-18(21)11-16(15)10-17/h2-3,10-12,14H,4-9,13H2,1H3,(H,22,26)(H,23,27). The Hall–Kier alpha value is -2.54. The van der Waals surface area contributed by atoms with Gasteiger partial charge in [0.25, 0.3) is 5.91 Å². The molecule has 1 aromatic heterocycles. The predicted octanol–water partition coefficient (Wildman–Crippen LogP) is 2.97. The van der Waals surface area contributed by atoms with Crippen LogP contribution in [0.4, 0.5) is 10.5 Å². The molecule has 1 saturated heterocycles. The zero-order valence-corrected chi connectivity index (χ0v) is 16.7. The van der Waals surface area contributed by atoms with E-state index in [0.717, 1.165) is 43.1 Å². The highest BCUT2D eigenvalue weighted by atomic mass is 35.5. The van der Waals surface area contributed by atoms with E-state index >= 15 is 0 Å². The van der Waals surface area contributed by atoms with E-state index in [1.165, 1.54) is 12.7 Å². The van der Waals surface area contributed by atoms with Gasteiger partial charge in [0.05, 0.1) is 0 Å². The first-order valence-corrected chi connectivity index (χ1v) is 9.84. The number of anilines is 1. The number of rotatable bonds is 6. The highest BCUT2D eigenvalue weighted by Crippen LogP contribution is 2.28. The van der Waals surface area contributed by atoms with Crippen LogP contribution in [0.3, 0.4) is 0 Å². The van der Waals surface area contributed by atoms with Crippen LogP contribution in [0.1, 0.15) is 19.3 Å². The number of carbonyl (C=O) groups excluding carboxylic acids is 2. The number of likely N-dealkylation sites (N-methyl/N-ethyl adjacent to an activating group) is 1. The Balaban J connectivity index is 1.42. The average Bonchev–Trinajstić information content (AvgIpc) is 2.72. The number of ether oxygens (including phenoxy) is 1. The molecule has 3 rings (SSSR count). The number of pyridine rings is 1. The second-order valence-corrected chi connectivity index (χ2v) is 7.32. The minimum absolute atomic E-state index is 0.256. The summed E-state index contributed by atoms with van der Waals surface area (Å²) in [6, 6.07) is 8.26. The quantitative estimate of drug-likeness (QED) is 0.723. The first-order valence-electron chi connectivity index (χ1n) is 9.46. The van der Waals surface area contributed by atoms with Crippen LogP contribution >= 0.6 is 11.6 Å². The van der Waals surface area contributed by atoms with Gasteiger partial charge in [0.15, 0.2) is 6.61 Å². The molecule has 2 N–H and O–H groups in total. The van der Waals surface area contributed by atoms with Gasteiger partial charge in [-0.1, -0.05) is 17.7 Å². The van der Waals surface area contributed by atoms with Crippen LogP contribution in [0.5, 0.6) is 0 Å². The molecule has 0 aliphatic carbocycles. The van der Waals surface area contributed by atoms with Crippen LogP contribution in [0, 0.1) is 5.92 Å². The maximum Gasteiger partial charge on any atom is 0.407 e. The molecule has 1 aliphatic heterocycles. The van der Waals surface area contributed by atoms with Gasteiger partial charge in [0, 0.05) is 44.0 Å². The van der Waals surface area contributed by atoms with E-state index in [0.29, 0.717) is 17.6 Å². The highest BCUT2D eigenvalue weighted by Gasteiger charge is 2.20. The number of alkyl carbamates (subject to hydrolysis) is 1. The molecule has 1 aliphatic rings. The molecule has 0 bridgehead atoms. The van der Waals surface area contributed by atoms with Crippen molar-refractivity contribution in [3.8, 4) is 0 Å². The molecule has 0 unspecified atom stereocenters. The average molecular weight is 405 g/mol. The maximum atomic E-state index is 11.5. The van der Waals surface area contributed by atoms with Crippen LogP contribution < -0.4 is 15.5 Å². The lowest BCUT2D eigenvalue weighted by Gasteiger charge is -2.33. The molecule has 0 atom stereocenters. The first-order chi connectivity index (χ1) is 13.5. The molecule has 7 nitrogen and oxygen atoms in total. The monoisotopic (exact) mass is 404 g/mol. The van der Waals surface area contributed by atoms with E-state index in [9.17, 15) is 9.59 Å². The molecule has 2 heterocycles. The number of fused-ring (bicyclic) bond motifs is 1. The lowest BCUT2D eigenvalue weighted by molar-refractivity contribution is -0.123. The number of hydrogen-bond donors (Lipinski definition) is 2. The molecule has 0 radical (unpaired) electrons. The Labute approximate surface area is 169 Å². The second-order valence-electron chi connectivity index (χ2n) is 6.93. The number of aromatic nitrogens is 1. The van der Waals surface area contributed by atoms with Gasteiger partial charge in [-0.25, -0.2) is 9.78 Å². The summed E-state index contributed by atoms with van der Waals surface area (Å²) in [6.45, 7) is 2.26. The Bertz CT molecular complexity index is 837. The number of amides is 2. The number of halogens is 1. The Morgan fingerprint density at radius 2 is 2.04 bits per heavy atom. The van der Waals surface area contributed by atoms with E-state index in [1.807, 2.05) is 6.07 Å². The number of nitrogens with zero attached hydrogens (tertiary/aromatic N) is 2. The van der Waals surface area contributed by atoms with Crippen molar-refractivity contribution in [2.24, 2.45) is 5.92 Å². The first kappa shape index (κ1) is 20.2. The fourth-order valence-electron chi connectivity index (χ4n) is 3.41. The highest BCUT2D eigenvalue weighted by molar-refractivity contribution is 6.30. The number of carbonyl (C=O) groups is 2. The molecule has 8 heteroatoms. The van der Waals surface area contributed by atoms with Gasteiger partial charge >= 0.3 is 6.09 Å². The number of nitrogens with one attached hydrogen (secondary N) is 2. The molecular weight excluding hydrogens is 380 g/mol. The third kappa shape index (κ3) is 5.48. The summed E-state index contributed by atoms with van der Waals surface area (Å²) in [5, 5.41) is 7.79. The van der Waals surface area contributed by atoms with Gasteiger partial charge < -0.3 is 20.3 Å². The van der Waals surface area contributed by atoms with Crippen molar-refractivity contribution in [1.29, 1.82) is 0 Å². The van der Waals surface area contributed by atoms with Gasteiger partial charge in [-0.2, -0.15) is 0 Å². The smallest absolute Gasteiger partial charge is 0.407 e. The summed E-state index contributed by atoms with van der Waals surface area (Å²) in [5.41, 5.74) is 1.20. The minimum Gasteiger partial charge on any atom is -0.439 e. The van der Waals surface area contributed by atoms with Crippen molar-refractivity contribution < 1.29 is 14.3 Å². The molecule has 2 aromatic rings. The Kier molecular flexibility index (Phi) is 6.92. The summed E-state index contributed by atoms with van der Waals surface area (Å²) in [4.78, 5) is 29.1. The van der Waals surface area contributed by atoms with E-state index in [2.05, 4.69) is 38.7 Å². The van der Waals surface area contributed by atoms with Gasteiger partial charge in [0.1, 0.15) is 5.15 Å². The zero-order chi connectivity index (χ0) is 19.9. The SMILES string of the molecule is CNC(=O)COC(=O)NCCC1CCN(c2ccc3cnc(Cl)cc3c2)CC1. The topological polar surface area (TPSA) is 83.6 Å². The summed E-state index contributed by atoms with van der Waals surface area (Å²) in [6.07, 6.45) is 4.29. The number of benzene rings is 1. The van der Waals surface area contributed by atoms with Crippen LogP contribution in [0.2, 0.25) is 5.15 Å². The Morgan fingerprint density at radius 1 is 1.25 bits per heavy atom. The van der Waals surface area contributed by atoms with Gasteiger partial charge in [-0.15, -0.1) is 0 Å². The number of piperidine rings is 1. The van der Waals surface area contributed by atoms with Crippen molar-refractivity contribution >= 4 is 40.1 Å². The molecule has 150 valence electrons. The van der Waals surface area contributed by atoms with E-state index < -0.39 is 6.09 Å². The van der Waals surface area contributed by atoms with Crippen molar-refractivity contribution in [2.45, 2.75) is 19.3 Å². The summed E-state index contributed by atoms with van der Waals surface area (Å²) in [5.74, 6) is 0.240. The van der Waals surface area contributed by atoms with Crippen LogP contribution in [0.25, 0.3) is 10.8 Å². The molecule has 0 saturated carbocycles. The Morgan fingerprint density at radius 3 is 2.79 bits per heavy atom. The van der Waals surface area contributed by atoms with Crippen molar-refractivity contribution in [3.05, 3.63) is 35.6 Å². The lowest BCUT2D eigenvalue weighted by Crippen LogP contribution is -2.35. The minimum atomic E-state index is -0.551. The van der Waals surface area contributed by atoms with Crippen LogP contribution in [-0.2, 0) is 9.53 Å². The van der Waals surface area contributed by atoms with Crippen molar-refractivity contribution in [2.75, 3.05) is 38.2 Å². The van der Waals surface area contributed by atoms with Crippen LogP contribution in [0.15, 0.2) is 30.5 Å². The van der Waals surface area contributed by atoms with Gasteiger partial charge in [0.2, 0.25) is 0 Å². The van der Waals surface area contributed by atoms with Gasteiger partial charge in [-0.05, 0) is 48.8 Å². The number of hydrogen-bond acceptors (Lipinski definition) is 5. The normalized spacial score (nSPS) is 14.7. The predicted molar refractivity (Wildman–Crippen MR) is 110 cm³/mol. The lowest BCUT2D eigenvalue weighted by atomic mass is 9.93. The molecule has 2 amide bonds. The largest absolute Gasteiger partial charge is 0.439 e. The fourth-order valence-corrected chi connectivity index (χ4v) is 3.58. The molecule has 28 heavy (non-hydrogen) atoms. The molecular formula is C20H25ClN4O3. The zero-order valence-electron chi connectivity index (χ0n) is 15.9. The summed E-state index contributed by atoms with van der Waals surface area (Å²) < 4.78 is 4.82. The van der Waals surface area contributed by atoms with E-state index in [1.54, 1.807) is 6.20 Å². The van der Waals surface area contributed by atoms with E-state index in [-0.39, 0.29) is 12.5 Å². The molecule has 1 fully saturated rings. The van der Waals surface area contributed by atoms with E-state index in [4.69, 9.17) is 16.3 Å². The summed E-state index contributed by atoms with van der Waals surface area (Å²) in [7, 11) is 1.50. The third-order valence-electron chi connectivity index (χ3n) is 5.09. The maximum absolute atomic E-state index is 11.5. The third-order valence-corrected chi connectivity index (χ3v) is 5.29. The second kappa shape index (κ2) is 9.59. The van der Waals surface area contributed by atoms with Gasteiger partial charge in [-0.3, -0.25) is 4.79 Å². The van der Waals surface area contributed by atoms with Crippen molar-refractivity contribution in [1.82, 2.24) is 15.6 Å². The fraction of sp³-hybridized carbons (Fsp3) is 0.450. The molecule has 1 aromatic carbocycles. The van der Waals surface area contributed by atoms with Crippen LogP contribution in [-0.4, -0.2) is 50.3 Å². The van der Waals surface area contributed by atoms with Crippen molar-refractivity contribution in [3.63, 3.8) is 0 Å². The summed E-state index contributed by atoms with van der Waals surface area (Å²) >= 11 is 6.01. The molecule has 0 spiro atoms.